The highest BCUT2D eigenvalue weighted by molar-refractivity contribution is 7.14. The molecule has 2 bridgehead atoms. The molecule has 0 saturated carbocycles. The van der Waals surface area contributed by atoms with E-state index in [0.29, 0.717) is 32.1 Å². The van der Waals surface area contributed by atoms with Crippen molar-refractivity contribution in [3.63, 3.8) is 0 Å². The van der Waals surface area contributed by atoms with E-state index in [4.69, 9.17) is 28.2 Å². The Kier molecular flexibility index (Phi) is 6.65. The number of benzene rings is 4. The summed E-state index contributed by atoms with van der Waals surface area (Å²) in [6.45, 7) is 2.08. The molecule has 0 radical (unpaired) electrons. The van der Waals surface area contributed by atoms with Crippen molar-refractivity contribution in [1.29, 1.82) is 0 Å². The minimum absolute atomic E-state index is 0.0290. The van der Waals surface area contributed by atoms with Gasteiger partial charge in [0.15, 0.2) is 5.13 Å². The lowest BCUT2D eigenvalue weighted by Gasteiger charge is -2.50. The molecular weight excluding hydrogens is 585 g/mol. The molecule has 208 valence electrons. The van der Waals surface area contributed by atoms with Crippen molar-refractivity contribution in [2.45, 2.75) is 25.2 Å². The molecule has 42 heavy (non-hydrogen) atoms. The van der Waals surface area contributed by atoms with Gasteiger partial charge in [0, 0.05) is 33.4 Å². The van der Waals surface area contributed by atoms with Gasteiger partial charge >= 0.3 is 0 Å². The SMILES string of the molecule is CC1(C(=O)Nc2nc(-c3cccc(C(=O)Nc4ccc(Cl)cc4Cl)c3)cs2)CC2c3ccccc3C1c1ccccc12. The van der Waals surface area contributed by atoms with Crippen molar-refractivity contribution >= 4 is 57.2 Å². The van der Waals surface area contributed by atoms with Crippen molar-refractivity contribution in [1.82, 2.24) is 4.98 Å². The van der Waals surface area contributed by atoms with Crippen LogP contribution in [0.3, 0.4) is 0 Å². The minimum atomic E-state index is -0.625. The number of carbonyl (C=O) groups excluding carboxylic acids is 2. The first-order valence-corrected chi connectivity index (χ1v) is 15.3. The van der Waals surface area contributed by atoms with E-state index >= 15 is 0 Å². The maximum Gasteiger partial charge on any atom is 0.255 e. The van der Waals surface area contributed by atoms with Gasteiger partial charge in [0.2, 0.25) is 5.91 Å². The molecule has 0 fully saturated rings. The first-order valence-electron chi connectivity index (χ1n) is 13.6. The molecule has 8 heteroatoms. The number of hydrogen-bond donors (Lipinski definition) is 2. The molecule has 0 saturated heterocycles. The summed E-state index contributed by atoms with van der Waals surface area (Å²) in [7, 11) is 0. The summed E-state index contributed by atoms with van der Waals surface area (Å²) in [4.78, 5) is 31.7. The van der Waals surface area contributed by atoms with Crippen molar-refractivity contribution in [2.24, 2.45) is 5.41 Å². The van der Waals surface area contributed by atoms with Crippen LogP contribution in [0.4, 0.5) is 10.8 Å². The van der Waals surface area contributed by atoms with E-state index in [1.807, 2.05) is 11.4 Å². The summed E-state index contributed by atoms with van der Waals surface area (Å²) in [6.07, 6.45) is 0.741. The number of nitrogens with zero attached hydrogens (tertiary/aromatic N) is 1. The van der Waals surface area contributed by atoms with Gasteiger partial charge in [-0.25, -0.2) is 4.98 Å². The van der Waals surface area contributed by atoms with E-state index in [9.17, 15) is 9.59 Å². The molecule has 5 aromatic rings. The third kappa shape index (κ3) is 4.51. The zero-order valence-corrected chi connectivity index (χ0v) is 24.9. The third-order valence-electron chi connectivity index (χ3n) is 8.47. The Morgan fingerprint density at radius 3 is 2.24 bits per heavy atom. The summed E-state index contributed by atoms with van der Waals surface area (Å²) >= 11 is 13.6. The zero-order valence-electron chi connectivity index (χ0n) is 22.5. The molecule has 2 N–H and O–H groups in total. The van der Waals surface area contributed by atoms with E-state index in [1.165, 1.54) is 33.6 Å². The van der Waals surface area contributed by atoms with Crippen LogP contribution in [0.1, 0.15) is 57.8 Å². The topological polar surface area (TPSA) is 71.1 Å². The molecule has 2 amide bonds. The fourth-order valence-electron chi connectivity index (χ4n) is 6.50. The Balaban J connectivity index is 1.12. The summed E-state index contributed by atoms with van der Waals surface area (Å²) in [5, 5.41) is 9.23. The van der Waals surface area contributed by atoms with Crippen molar-refractivity contribution < 1.29 is 9.59 Å². The van der Waals surface area contributed by atoms with E-state index in [1.54, 1.807) is 36.4 Å². The van der Waals surface area contributed by atoms with Crippen LogP contribution in [0.15, 0.2) is 96.4 Å². The quantitative estimate of drug-likeness (QED) is 0.209. The van der Waals surface area contributed by atoms with Gasteiger partial charge in [0.25, 0.3) is 5.91 Å². The van der Waals surface area contributed by atoms with Crippen molar-refractivity contribution in [3.05, 3.63) is 134 Å². The van der Waals surface area contributed by atoms with Gasteiger partial charge in [0.1, 0.15) is 0 Å². The molecule has 3 aliphatic carbocycles. The van der Waals surface area contributed by atoms with Crippen LogP contribution in [0, 0.1) is 5.41 Å². The van der Waals surface area contributed by atoms with Gasteiger partial charge in [-0.05, 0) is 65.9 Å². The number of halogens is 2. The highest BCUT2D eigenvalue weighted by Crippen LogP contribution is 2.61. The standard InChI is InChI=1S/C34H25Cl2N3O2S/c1-34(17-26-22-9-2-4-11-24(22)30(34)25-12-5-3-10-23(25)26)32(41)39-33-38-29(18-42-33)19-7-6-8-20(15-19)31(40)37-28-14-13-21(35)16-27(28)36/h2-16,18,26,30H,17H2,1H3,(H,37,40)(H,38,39,41). The van der Waals surface area contributed by atoms with E-state index in [0.717, 1.165) is 12.0 Å². The largest absolute Gasteiger partial charge is 0.321 e. The number of thiazole rings is 1. The molecule has 0 aliphatic heterocycles. The summed E-state index contributed by atoms with van der Waals surface area (Å²) < 4.78 is 0. The summed E-state index contributed by atoms with van der Waals surface area (Å²) in [5.74, 6) is -0.179. The lowest BCUT2D eigenvalue weighted by molar-refractivity contribution is -0.126. The van der Waals surface area contributed by atoms with Crippen LogP contribution in [0.5, 0.6) is 0 Å². The van der Waals surface area contributed by atoms with Crippen molar-refractivity contribution in [2.75, 3.05) is 10.6 Å². The molecule has 1 heterocycles. The fourth-order valence-corrected chi connectivity index (χ4v) is 7.67. The molecular formula is C34H25Cl2N3O2S. The Morgan fingerprint density at radius 2 is 1.55 bits per heavy atom. The summed E-state index contributed by atoms with van der Waals surface area (Å²) in [5.41, 5.74) is 6.88. The molecule has 1 unspecified atom stereocenters. The molecule has 5 nitrogen and oxygen atoms in total. The number of nitrogens with one attached hydrogen (secondary N) is 2. The Morgan fingerprint density at radius 1 is 0.857 bits per heavy atom. The monoisotopic (exact) mass is 609 g/mol. The van der Waals surface area contributed by atoms with E-state index in [2.05, 4.69) is 66.1 Å². The maximum atomic E-state index is 14.0. The fraction of sp³-hybridized carbons (Fsp3) is 0.147. The van der Waals surface area contributed by atoms with Crippen LogP contribution >= 0.6 is 34.5 Å². The average molecular weight is 611 g/mol. The Bertz CT molecular complexity index is 1840. The van der Waals surface area contributed by atoms with Gasteiger partial charge in [-0.2, -0.15) is 0 Å². The van der Waals surface area contributed by atoms with Gasteiger partial charge in [0.05, 0.1) is 21.8 Å². The van der Waals surface area contributed by atoms with Crippen LogP contribution in [-0.2, 0) is 4.79 Å². The first kappa shape index (κ1) is 26.9. The van der Waals surface area contributed by atoms with E-state index < -0.39 is 5.41 Å². The molecule has 0 spiro atoms. The van der Waals surface area contributed by atoms with Gasteiger partial charge in [-0.15, -0.1) is 11.3 Å². The Hall–Kier alpha value is -3.97. The van der Waals surface area contributed by atoms with Crippen LogP contribution < -0.4 is 10.6 Å². The Labute approximate surface area is 257 Å². The molecule has 4 aromatic carbocycles. The summed E-state index contributed by atoms with van der Waals surface area (Å²) in [6, 6.07) is 29.1. The number of carbonyl (C=O) groups is 2. The van der Waals surface area contributed by atoms with E-state index in [-0.39, 0.29) is 23.7 Å². The number of rotatable bonds is 5. The number of anilines is 2. The molecule has 3 aliphatic rings. The number of fused-ring (bicyclic) bond motifs is 1. The van der Waals surface area contributed by atoms with Crippen LogP contribution in [-0.4, -0.2) is 16.8 Å². The van der Waals surface area contributed by atoms with Gasteiger partial charge in [-0.3, -0.25) is 9.59 Å². The molecule has 1 aromatic heterocycles. The molecule has 8 rings (SSSR count). The lowest BCUT2D eigenvalue weighted by Crippen LogP contribution is -2.47. The number of hydrogen-bond acceptors (Lipinski definition) is 4. The smallest absolute Gasteiger partial charge is 0.255 e. The zero-order chi connectivity index (χ0) is 29.0. The molecule has 1 atom stereocenters. The highest BCUT2D eigenvalue weighted by Gasteiger charge is 2.54. The second kappa shape index (κ2) is 10.4. The normalized spacial score (nSPS) is 20.0. The highest BCUT2D eigenvalue weighted by atomic mass is 35.5. The van der Waals surface area contributed by atoms with Gasteiger partial charge in [-0.1, -0.05) is 83.9 Å². The number of aromatic nitrogens is 1. The van der Waals surface area contributed by atoms with Gasteiger partial charge < -0.3 is 10.6 Å². The average Bonchev–Trinajstić information content (AvgIpc) is 3.47. The lowest BCUT2D eigenvalue weighted by atomic mass is 9.52. The third-order valence-corrected chi connectivity index (χ3v) is 9.78. The predicted molar refractivity (Wildman–Crippen MR) is 170 cm³/mol. The predicted octanol–water partition coefficient (Wildman–Crippen LogP) is 9.00. The first-order chi connectivity index (χ1) is 20.3. The second-order valence-corrected chi connectivity index (χ2v) is 12.7. The minimum Gasteiger partial charge on any atom is -0.321 e. The van der Waals surface area contributed by atoms with Crippen molar-refractivity contribution in [3.8, 4) is 11.3 Å². The maximum absolute atomic E-state index is 14.0. The van der Waals surface area contributed by atoms with Crippen LogP contribution in [0.25, 0.3) is 11.3 Å². The second-order valence-electron chi connectivity index (χ2n) is 11.0. The van der Waals surface area contributed by atoms with Crippen LogP contribution in [0.2, 0.25) is 10.0 Å². The number of amides is 2.